The van der Waals surface area contributed by atoms with Gasteiger partial charge in [0.25, 0.3) is 0 Å². The minimum absolute atomic E-state index is 0.0626. The molecule has 0 bridgehead atoms. The monoisotopic (exact) mass is 350 g/mol. The Morgan fingerprint density at radius 2 is 1.56 bits per heavy atom. The highest BCUT2D eigenvalue weighted by molar-refractivity contribution is 6.02. The van der Waals surface area contributed by atoms with Crippen molar-refractivity contribution in [2.75, 3.05) is 27.9 Å². The Morgan fingerprint density at radius 1 is 1.00 bits per heavy atom. The summed E-state index contributed by atoms with van der Waals surface area (Å²) in [5, 5.41) is 2.75. The maximum absolute atomic E-state index is 12.0. The quantitative estimate of drug-likeness (QED) is 0.699. The Morgan fingerprint density at radius 3 is 2.12 bits per heavy atom. The Labute approximate surface area is 146 Å². The third-order valence-electron chi connectivity index (χ3n) is 3.98. The maximum atomic E-state index is 12.0. The number of nitrogens with one attached hydrogen (secondary N) is 1. The highest BCUT2D eigenvalue weighted by Crippen LogP contribution is 2.34. The first-order valence-corrected chi connectivity index (χ1v) is 7.89. The van der Waals surface area contributed by atoms with Gasteiger partial charge < -0.3 is 19.5 Å². The van der Waals surface area contributed by atoms with Gasteiger partial charge in [-0.3, -0.25) is 19.3 Å². The number of ether oxygens (including phenoxy) is 3. The van der Waals surface area contributed by atoms with Crippen molar-refractivity contribution in [2.24, 2.45) is 0 Å². The number of imide groups is 1. The van der Waals surface area contributed by atoms with E-state index >= 15 is 0 Å². The lowest BCUT2D eigenvalue weighted by molar-refractivity contribution is -0.138. The van der Waals surface area contributed by atoms with Crippen LogP contribution in [0.15, 0.2) is 12.1 Å². The molecule has 0 spiro atoms. The molecule has 8 heteroatoms. The molecule has 1 heterocycles. The summed E-state index contributed by atoms with van der Waals surface area (Å²) in [5.41, 5.74) is 0.724. The van der Waals surface area contributed by atoms with E-state index in [1.807, 2.05) is 0 Å². The summed E-state index contributed by atoms with van der Waals surface area (Å²) in [5.74, 6) is 0.909. The van der Waals surface area contributed by atoms with Crippen molar-refractivity contribution in [3.05, 3.63) is 17.7 Å². The van der Waals surface area contributed by atoms with Gasteiger partial charge in [-0.25, -0.2) is 0 Å². The summed E-state index contributed by atoms with van der Waals surface area (Å²) in [6.45, 7) is 0.330. The highest BCUT2D eigenvalue weighted by atomic mass is 16.5. The summed E-state index contributed by atoms with van der Waals surface area (Å²) < 4.78 is 15.8. The molecule has 0 saturated carbocycles. The first-order chi connectivity index (χ1) is 12.0. The predicted octanol–water partition coefficient (Wildman–Crippen LogP) is 0.868. The molecule has 0 unspecified atom stereocenters. The van der Waals surface area contributed by atoms with Crippen LogP contribution in [0.3, 0.4) is 0 Å². The van der Waals surface area contributed by atoms with Gasteiger partial charge in [-0.1, -0.05) is 0 Å². The molecular formula is C17H22N2O6. The van der Waals surface area contributed by atoms with Crippen LogP contribution >= 0.6 is 0 Å². The van der Waals surface area contributed by atoms with Crippen molar-refractivity contribution >= 4 is 17.7 Å². The average Bonchev–Trinajstić information content (AvgIpc) is 2.95. The number of carbonyl (C=O) groups is 3. The van der Waals surface area contributed by atoms with Crippen LogP contribution in [-0.2, 0) is 20.9 Å². The fraction of sp³-hybridized carbons (Fsp3) is 0.471. The van der Waals surface area contributed by atoms with E-state index < -0.39 is 0 Å². The molecule has 2 rings (SSSR count). The molecule has 0 atom stereocenters. The first kappa shape index (κ1) is 18.6. The van der Waals surface area contributed by atoms with E-state index in [4.69, 9.17) is 14.2 Å². The Hall–Kier alpha value is -2.77. The molecule has 1 saturated heterocycles. The molecule has 8 nitrogen and oxygen atoms in total. The van der Waals surface area contributed by atoms with Crippen LogP contribution in [0.5, 0.6) is 17.2 Å². The minimum Gasteiger partial charge on any atom is -0.496 e. The fourth-order valence-corrected chi connectivity index (χ4v) is 2.60. The Bertz CT molecular complexity index is 657. The van der Waals surface area contributed by atoms with Crippen molar-refractivity contribution < 1.29 is 28.6 Å². The highest BCUT2D eigenvalue weighted by Gasteiger charge is 2.28. The SMILES string of the molecule is COc1cc(OC)c(OC)cc1CNC(=O)CCN1C(=O)CCC1=O. The van der Waals surface area contributed by atoms with Crippen molar-refractivity contribution in [1.82, 2.24) is 10.2 Å². The van der Waals surface area contributed by atoms with Crippen molar-refractivity contribution in [3.8, 4) is 17.2 Å². The number of methoxy groups -OCH3 is 3. The van der Waals surface area contributed by atoms with Gasteiger partial charge in [0.15, 0.2) is 11.5 Å². The van der Waals surface area contributed by atoms with Gasteiger partial charge in [-0.2, -0.15) is 0 Å². The zero-order valence-corrected chi connectivity index (χ0v) is 14.6. The summed E-state index contributed by atoms with van der Waals surface area (Å²) in [4.78, 5) is 36.2. The molecule has 0 aliphatic carbocycles. The van der Waals surface area contributed by atoms with E-state index in [0.717, 1.165) is 10.5 Å². The molecular weight excluding hydrogens is 328 g/mol. The van der Waals surface area contributed by atoms with Crippen LogP contribution < -0.4 is 19.5 Å². The molecule has 1 N–H and O–H groups in total. The van der Waals surface area contributed by atoms with Crippen LogP contribution in [0.1, 0.15) is 24.8 Å². The molecule has 0 aromatic heterocycles. The van der Waals surface area contributed by atoms with Gasteiger partial charge in [0.2, 0.25) is 17.7 Å². The lowest BCUT2D eigenvalue weighted by Crippen LogP contribution is -2.34. The van der Waals surface area contributed by atoms with E-state index in [2.05, 4.69) is 5.32 Å². The average molecular weight is 350 g/mol. The van der Waals surface area contributed by atoms with Gasteiger partial charge >= 0.3 is 0 Å². The van der Waals surface area contributed by atoms with Gasteiger partial charge in [0.05, 0.1) is 21.3 Å². The second-order valence-corrected chi connectivity index (χ2v) is 5.48. The Balaban J connectivity index is 1.94. The van der Waals surface area contributed by atoms with Gasteiger partial charge in [0, 0.05) is 44.0 Å². The second-order valence-electron chi connectivity index (χ2n) is 5.48. The molecule has 136 valence electrons. The molecule has 1 aliphatic heterocycles. The number of rotatable bonds is 8. The normalized spacial score (nSPS) is 13.8. The minimum atomic E-state index is -0.260. The number of likely N-dealkylation sites (tertiary alicyclic amines) is 1. The molecule has 0 radical (unpaired) electrons. The smallest absolute Gasteiger partial charge is 0.229 e. The van der Waals surface area contributed by atoms with Crippen LogP contribution in [0.25, 0.3) is 0 Å². The standard InChI is InChI=1S/C17H22N2O6/c1-23-12-9-14(25-3)13(24-2)8-11(12)10-18-15(20)6-7-19-16(21)4-5-17(19)22/h8-9H,4-7,10H2,1-3H3,(H,18,20). The zero-order chi connectivity index (χ0) is 18.4. The van der Waals surface area contributed by atoms with E-state index in [-0.39, 0.29) is 50.1 Å². The number of benzene rings is 1. The van der Waals surface area contributed by atoms with E-state index in [1.165, 1.54) is 21.3 Å². The number of amides is 3. The first-order valence-electron chi connectivity index (χ1n) is 7.89. The van der Waals surface area contributed by atoms with E-state index in [9.17, 15) is 14.4 Å². The Kier molecular flexibility index (Phi) is 6.21. The zero-order valence-electron chi connectivity index (χ0n) is 14.6. The van der Waals surface area contributed by atoms with Crippen LogP contribution in [0.2, 0.25) is 0 Å². The lowest BCUT2D eigenvalue weighted by Gasteiger charge is -2.15. The summed E-state index contributed by atoms with van der Waals surface area (Å²) in [6, 6.07) is 3.41. The number of hydrogen-bond donors (Lipinski definition) is 1. The third-order valence-corrected chi connectivity index (χ3v) is 3.98. The molecule has 25 heavy (non-hydrogen) atoms. The van der Waals surface area contributed by atoms with Crippen LogP contribution in [0, 0.1) is 0 Å². The third kappa shape index (κ3) is 4.40. The maximum Gasteiger partial charge on any atom is 0.229 e. The number of hydrogen-bond acceptors (Lipinski definition) is 6. The predicted molar refractivity (Wildman–Crippen MR) is 88.5 cm³/mol. The molecule has 3 amide bonds. The van der Waals surface area contributed by atoms with Crippen LogP contribution in [-0.4, -0.2) is 50.5 Å². The molecule has 1 aromatic carbocycles. The van der Waals surface area contributed by atoms with E-state index in [0.29, 0.717) is 17.2 Å². The molecule has 1 fully saturated rings. The van der Waals surface area contributed by atoms with Gasteiger partial charge in [-0.15, -0.1) is 0 Å². The summed E-state index contributed by atoms with van der Waals surface area (Å²) in [7, 11) is 4.58. The largest absolute Gasteiger partial charge is 0.496 e. The van der Waals surface area contributed by atoms with Crippen molar-refractivity contribution in [1.29, 1.82) is 0 Å². The topological polar surface area (TPSA) is 94.2 Å². The summed E-state index contributed by atoms with van der Waals surface area (Å²) in [6.07, 6.45) is 0.514. The van der Waals surface area contributed by atoms with Gasteiger partial charge in [0.1, 0.15) is 5.75 Å². The molecule has 1 aliphatic rings. The lowest BCUT2D eigenvalue weighted by atomic mass is 10.1. The summed E-state index contributed by atoms with van der Waals surface area (Å²) >= 11 is 0. The molecule has 1 aromatic rings. The fourth-order valence-electron chi connectivity index (χ4n) is 2.60. The van der Waals surface area contributed by atoms with E-state index in [1.54, 1.807) is 12.1 Å². The van der Waals surface area contributed by atoms with Crippen molar-refractivity contribution in [2.45, 2.75) is 25.8 Å². The second kappa shape index (κ2) is 8.36. The van der Waals surface area contributed by atoms with Crippen molar-refractivity contribution in [3.63, 3.8) is 0 Å². The van der Waals surface area contributed by atoms with Gasteiger partial charge in [-0.05, 0) is 6.07 Å². The number of carbonyl (C=O) groups excluding carboxylic acids is 3. The van der Waals surface area contributed by atoms with Crippen LogP contribution in [0.4, 0.5) is 0 Å². The number of nitrogens with zero attached hydrogens (tertiary/aromatic N) is 1.